The highest BCUT2D eigenvalue weighted by molar-refractivity contribution is 5.86. The van der Waals surface area contributed by atoms with Crippen molar-refractivity contribution in [1.82, 2.24) is 9.97 Å². The lowest BCUT2D eigenvalue weighted by Gasteiger charge is -2.19. The first-order valence-electron chi connectivity index (χ1n) is 6.77. The van der Waals surface area contributed by atoms with Gasteiger partial charge in [-0.1, -0.05) is 20.8 Å². The number of carbonyl (C=O) groups is 1. The number of hydrogen-bond acceptors (Lipinski definition) is 5. The number of hydrogen-bond donors (Lipinski definition) is 1. The van der Waals surface area contributed by atoms with Gasteiger partial charge in [0.1, 0.15) is 18.0 Å². The minimum absolute atomic E-state index is 0.279. The van der Waals surface area contributed by atoms with Gasteiger partial charge in [-0.25, -0.2) is 9.97 Å². The standard InChI is InChI=1S/C14H22N4O/c1-14(2,3)5-6-15-12-8-13(17-10-16-12)18-7-4-11(19)9-18/h8,10H,4-7,9H2,1-3H3,(H,15,16,17). The fourth-order valence-electron chi connectivity index (χ4n) is 2.01. The predicted molar refractivity (Wildman–Crippen MR) is 76.4 cm³/mol. The molecule has 2 rings (SSSR count). The average Bonchev–Trinajstić information content (AvgIpc) is 2.75. The van der Waals surface area contributed by atoms with E-state index in [-0.39, 0.29) is 5.78 Å². The summed E-state index contributed by atoms with van der Waals surface area (Å²) in [7, 11) is 0. The summed E-state index contributed by atoms with van der Waals surface area (Å²) in [6, 6.07) is 1.92. The molecule has 104 valence electrons. The summed E-state index contributed by atoms with van der Waals surface area (Å²) < 4.78 is 0. The number of ketones is 1. The molecular formula is C14H22N4O. The van der Waals surface area contributed by atoms with Crippen LogP contribution in [0.5, 0.6) is 0 Å². The molecule has 0 saturated carbocycles. The van der Waals surface area contributed by atoms with Gasteiger partial charge in [0.15, 0.2) is 5.78 Å². The zero-order valence-corrected chi connectivity index (χ0v) is 11.9. The molecule has 1 fully saturated rings. The van der Waals surface area contributed by atoms with E-state index in [0.29, 0.717) is 18.4 Å². The molecule has 0 amide bonds. The molecule has 1 aromatic heterocycles. The van der Waals surface area contributed by atoms with Gasteiger partial charge in [0.25, 0.3) is 0 Å². The Balaban J connectivity index is 1.94. The van der Waals surface area contributed by atoms with Crippen LogP contribution in [0, 0.1) is 5.41 Å². The van der Waals surface area contributed by atoms with Crippen LogP contribution in [0.25, 0.3) is 0 Å². The van der Waals surface area contributed by atoms with E-state index in [4.69, 9.17) is 0 Å². The molecule has 19 heavy (non-hydrogen) atoms. The molecule has 1 aromatic rings. The summed E-state index contributed by atoms with van der Waals surface area (Å²) in [4.78, 5) is 21.7. The second-order valence-corrected chi connectivity index (χ2v) is 6.21. The van der Waals surface area contributed by atoms with E-state index in [1.54, 1.807) is 6.33 Å². The van der Waals surface area contributed by atoms with Gasteiger partial charge >= 0.3 is 0 Å². The fraction of sp³-hybridized carbons (Fsp3) is 0.643. The normalized spacial score (nSPS) is 15.9. The first kappa shape index (κ1) is 13.8. The minimum atomic E-state index is 0.279. The van der Waals surface area contributed by atoms with Crippen molar-refractivity contribution >= 4 is 17.4 Å². The second-order valence-electron chi connectivity index (χ2n) is 6.21. The minimum Gasteiger partial charge on any atom is -0.370 e. The molecule has 1 aliphatic heterocycles. The van der Waals surface area contributed by atoms with Crippen LogP contribution in [-0.2, 0) is 4.79 Å². The number of rotatable bonds is 4. The van der Waals surface area contributed by atoms with Gasteiger partial charge in [0.2, 0.25) is 0 Å². The quantitative estimate of drug-likeness (QED) is 0.900. The lowest BCUT2D eigenvalue weighted by atomic mass is 9.92. The van der Waals surface area contributed by atoms with Crippen LogP contribution in [0.1, 0.15) is 33.6 Å². The molecule has 0 bridgehead atoms. The van der Waals surface area contributed by atoms with Gasteiger partial charge in [0, 0.05) is 25.6 Å². The molecule has 1 aliphatic rings. The van der Waals surface area contributed by atoms with Gasteiger partial charge in [0.05, 0.1) is 6.54 Å². The molecule has 5 nitrogen and oxygen atoms in total. The molecule has 0 aromatic carbocycles. The Morgan fingerprint density at radius 3 is 2.79 bits per heavy atom. The van der Waals surface area contributed by atoms with Gasteiger partial charge in [-0.2, -0.15) is 0 Å². The lowest BCUT2D eigenvalue weighted by Crippen LogP contribution is -2.21. The van der Waals surface area contributed by atoms with Gasteiger partial charge < -0.3 is 10.2 Å². The topological polar surface area (TPSA) is 58.1 Å². The summed E-state index contributed by atoms with van der Waals surface area (Å²) in [6.45, 7) is 8.77. The monoisotopic (exact) mass is 262 g/mol. The molecule has 5 heteroatoms. The zero-order chi connectivity index (χ0) is 13.9. The van der Waals surface area contributed by atoms with E-state index in [1.165, 1.54) is 0 Å². The van der Waals surface area contributed by atoms with Gasteiger partial charge in [-0.05, 0) is 11.8 Å². The first-order chi connectivity index (χ1) is 8.94. The van der Waals surface area contributed by atoms with E-state index < -0.39 is 0 Å². The van der Waals surface area contributed by atoms with Crippen molar-refractivity contribution in [3.8, 4) is 0 Å². The van der Waals surface area contributed by atoms with Crippen LogP contribution in [0.3, 0.4) is 0 Å². The van der Waals surface area contributed by atoms with Crippen molar-refractivity contribution in [2.45, 2.75) is 33.6 Å². The Bertz CT molecular complexity index is 453. The highest BCUT2D eigenvalue weighted by Gasteiger charge is 2.20. The van der Waals surface area contributed by atoms with Crippen molar-refractivity contribution < 1.29 is 4.79 Å². The lowest BCUT2D eigenvalue weighted by molar-refractivity contribution is -0.116. The third kappa shape index (κ3) is 4.19. The largest absolute Gasteiger partial charge is 0.370 e. The van der Waals surface area contributed by atoms with Crippen LogP contribution < -0.4 is 10.2 Å². The number of nitrogens with one attached hydrogen (secondary N) is 1. The summed E-state index contributed by atoms with van der Waals surface area (Å²) >= 11 is 0. The molecule has 1 saturated heterocycles. The van der Waals surface area contributed by atoms with Crippen LogP contribution in [0.2, 0.25) is 0 Å². The van der Waals surface area contributed by atoms with Gasteiger partial charge in [-0.15, -0.1) is 0 Å². The summed E-state index contributed by atoms with van der Waals surface area (Å²) in [5.41, 5.74) is 0.310. The maximum atomic E-state index is 11.3. The first-order valence-corrected chi connectivity index (χ1v) is 6.77. The second kappa shape index (κ2) is 5.55. The smallest absolute Gasteiger partial charge is 0.153 e. The van der Waals surface area contributed by atoms with Crippen LogP contribution in [0.4, 0.5) is 11.6 Å². The fourth-order valence-corrected chi connectivity index (χ4v) is 2.01. The van der Waals surface area contributed by atoms with Crippen molar-refractivity contribution in [2.75, 3.05) is 29.9 Å². The molecule has 0 atom stereocenters. The third-order valence-electron chi connectivity index (χ3n) is 3.19. The van der Waals surface area contributed by atoms with E-state index in [9.17, 15) is 4.79 Å². The highest BCUT2D eigenvalue weighted by atomic mass is 16.1. The summed E-state index contributed by atoms with van der Waals surface area (Å²) in [5.74, 6) is 1.94. The molecular weight excluding hydrogens is 240 g/mol. The van der Waals surface area contributed by atoms with E-state index >= 15 is 0 Å². The van der Waals surface area contributed by atoms with Gasteiger partial charge in [-0.3, -0.25) is 4.79 Å². The Kier molecular flexibility index (Phi) is 4.02. The van der Waals surface area contributed by atoms with Crippen molar-refractivity contribution in [2.24, 2.45) is 5.41 Å². The number of Topliss-reactive ketones (excluding diaryl/α,β-unsaturated/α-hetero) is 1. The van der Waals surface area contributed by atoms with Crippen molar-refractivity contribution in [1.29, 1.82) is 0 Å². The SMILES string of the molecule is CC(C)(C)CCNc1cc(N2CCC(=O)C2)ncn1. The molecule has 2 heterocycles. The molecule has 0 radical (unpaired) electrons. The number of aromatic nitrogens is 2. The number of nitrogens with zero attached hydrogens (tertiary/aromatic N) is 3. The maximum absolute atomic E-state index is 11.3. The molecule has 0 unspecified atom stereocenters. The highest BCUT2D eigenvalue weighted by Crippen LogP contribution is 2.20. The van der Waals surface area contributed by atoms with E-state index in [1.807, 2.05) is 11.0 Å². The number of carbonyl (C=O) groups excluding carboxylic acids is 1. The van der Waals surface area contributed by atoms with Crippen LogP contribution in [-0.4, -0.2) is 35.4 Å². The summed E-state index contributed by atoms with van der Waals surface area (Å²) in [6.07, 6.45) is 3.25. The maximum Gasteiger partial charge on any atom is 0.153 e. The van der Waals surface area contributed by atoms with Crippen LogP contribution in [0.15, 0.2) is 12.4 Å². The Morgan fingerprint density at radius 2 is 2.16 bits per heavy atom. The average molecular weight is 262 g/mol. The Labute approximate surface area is 114 Å². The molecule has 1 N–H and O–H groups in total. The third-order valence-corrected chi connectivity index (χ3v) is 3.19. The predicted octanol–water partition coefficient (Wildman–Crippen LogP) is 2.10. The number of anilines is 2. The van der Waals surface area contributed by atoms with Crippen LogP contribution >= 0.6 is 0 Å². The molecule has 0 spiro atoms. The van der Waals surface area contributed by atoms with Crippen molar-refractivity contribution in [3.63, 3.8) is 0 Å². The van der Waals surface area contributed by atoms with E-state index in [0.717, 1.165) is 31.1 Å². The Hall–Kier alpha value is -1.65. The Morgan fingerprint density at radius 1 is 1.37 bits per heavy atom. The van der Waals surface area contributed by atoms with E-state index in [2.05, 4.69) is 36.1 Å². The molecule has 0 aliphatic carbocycles. The van der Waals surface area contributed by atoms with Crippen molar-refractivity contribution in [3.05, 3.63) is 12.4 Å². The summed E-state index contributed by atoms with van der Waals surface area (Å²) in [5, 5.41) is 3.31. The zero-order valence-electron chi connectivity index (χ0n) is 11.9.